The Morgan fingerprint density at radius 2 is 1.91 bits per heavy atom. The second-order valence-electron chi connectivity index (χ2n) is 8.57. The van der Waals surface area contributed by atoms with Gasteiger partial charge in [-0.15, -0.1) is 0 Å². The van der Waals surface area contributed by atoms with Gasteiger partial charge in [0.2, 0.25) is 6.41 Å². The molecule has 3 rings (SSSR count). The second-order valence-corrected chi connectivity index (χ2v) is 8.57. The number of benzene rings is 1. The van der Waals surface area contributed by atoms with Gasteiger partial charge in [0.05, 0.1) is 5.92 Å². The van der Waals surface area contributed by atoms with E-state index in [0.29, 0.717) is 49.8 Å². The van der Waals surface area contributed by atoms with Crippen molar-refractivity contribution < 1.29 is 34.2 Å². The molecule has 0 saturated heterocycles. The van der Waals surface area contributed by atoms with Crippen LogP contribution in [-0.2, 0) is 25.6 Å². The summed E-state index contributed by atoms with van der Waals surface area (Å²) in [5.41, 5.74) is 8.16. The number of rotatable bonds is 11. The molecule has 0 aromatic heterocycles. The molecular weight excluding hydrogens is 442 g/mol. The van der Waals surface area contributed by atoms with Gasteiger partial charge in [0.1, 0.15) is 11.5 Å². The van der Waals surface area contributed by atoms with Gasteiger partial charge in [-0.05, 0) is 43.2 Å². The summed E-state index contributed by atoms with van der Waals surface area (Å²) in [4.78, 5) is 63.8. The van der Waals surface area contributed by atoms with E-state index in [1.54, 1.807) is 24.3 Å². The van der Waals surface area contributed by atoms with Gasteiger partial charge in [-0.2, -0.15) is 4.99 Å². The van der Waals surface area contributed by atoms with Crippen molar-refractivity contribution in [2.45, 2.75) is 57.4 Å². The first kappa shape index (κ1) is 24.8. The van der Waals surface area contributed by atoms with Crippen molar-refractivity contribution in [1.29, 1.82) is 0 Å². The molecule has 0 fully saturated rings. The average molecular weight is 469 g/mol. The fourth-order valence-corrected chi connectivity index (χ4v) is 4.40. The summed E-state index contributed by atoms with van der Waals surface area (Å²) >= 11 is 0. The van der Waals surface area contributed by atoms with E-state index in [9.17, 15) is 29.1 Å². The maximum atomic E-state index is 12.5. The van der Waals surface area contributed by atoms with Crippen molar-refractivity contribution >= 4 is 35.9 Å². The SMILES string of the molecule is NC1=NC(=O)C2=C(CCC(CCc3ccc(C(=O)CC(CCC(=O)O)C(=O)O)cc3)N2C=O)C1. The highest BCUT2D eigenvalue weighted by Crippen LogP contribution is 2.33. The molecule has 0 radical (unpaired) electrons. The van der Waals surface area contributed by atoms with Crippen LogP contribution in [0.1, 0.15) is 60.9 Å². The molecule has 2 unspecified atom stereocenters. The maximum Gasteiger partial charge on any atom is 0.306 e. The number of carboxylic acids is 2. The van der Waals surface area contributed by atoms with Gasteiger partial charge in [0, 0.05) is 30.9 Å². The van der Waals surface area contributed by atoms with Crippen molar-refractivity contribution in [3.63, 3.8) is 0 Å². The molecule has 180 valence electrons. The quantitative estimate of drug-likeness (QED) is 0.326. The predicted molar refractivity (Wildman–Crippen MR) is 121 cm³/mol. The van der Waals surface area contributed by atoms with E-state index < -0.39 is 23.8 Å². The number of nitrogens with two attached hydrogens (primary N) is 1. The number of carboxylic acid groups (broad SMARTS) is 2. The van der Waals surface area contributed by atoms with Crippen LogP contribution in [0, 0.1) is 5.92 Å². The molecule has 0 spiro atoms. The van der Waals surface area contributed by atoms with Crippen LogP contribution in [0.3, 0.4) is 0 Å². The summed E-state index contributed by atoms with van der Waals surface area (Å²) in [6.45, 7) is 0. The van der Waals surface area contributed by atoms with E-state index in [1.165, 1.54) is 4.90 Å². The Labute approximate surface area is 196 Å². The highest BCUT2D eigenvalue weighted by atomic mass is 16.4. The first-order valence-corrected chi connectivity index (χ1v) is 11.1. The molecule has 2 aliphatic heterocycles. The Bertz CT molecular complexity index is 1060. The summed E-state index contributed by atoms with van der Waals surface area (Å²) < 4.78 is 0. The lowest BCUT2D eigenvalue weighted by atomic mass is 9.89. The van der Waals surface area contributed by atoms with Crippen LogP contribution in [0.15, 0.2) is 40.5 Å². The molecule has 2 amide bonds. The summed E-state index contributed by atoms with van der Waals surface area (Å²) in [7, 11) is 0. The highest BCUT2D eigenvalue weighted by Gasteiger charge is 2.34. The minimum atomic E-state index is -1.19. The second kappa shape index (κ2) is 10.9. The lowest BCUT2D eigenvalue weighted by molar-refractivity contribution is -0.142. The molecule has 10 heteroatoms. The third kappa shape index (κ3) is 5.94. The van der Waals surface area contributed by atoms with Gasteiger partial charge in [-0.3, -0.25) is 24.0 Å². The molecule has 2 aliphatic rings. The van der Waals surface area contributed by atoms with Crippen LogP contribution in [-0.4, -0.2) is 57.0 Å². The Morgan fingerprint density at radius 3 is 2.53 bits per heavy atom. The standard InChI is InChI=1S/C24H27N3O7/c25-20-12-16-6-9-18(27(13-28)22(16)23(32)26-20)8-3-14-1-4-15(5-2-14)19(29)11-17(24(33)34)7-10-21(30)31/h1-2,4-5,13,17-18H,3,6-12H2,(H,30,31)(H,33,34)(H2,25,26,32). The van der Waals surface area contributed by atoms with Crippen molar-refractivity contribution in [2.24, 2.45) is 16.6 Å². The third-order valence-corrected chi connectivity index (χ3v) is 6.25. The number of aryl methyl sites for hydroxylation is 1. The number of aliphatic imine (C=N–C) groups is 1. The van der Waals surface area contributed by atoms with Crippen LogP contribution in [0.4, 0.5) is 0 Å². The zero-order valence-electron chi connectivity index (χ0n) is 18.6. The number of amides is 2. The van der Waals surface area contributed by atoms with E-state index in [1.807, 2.05) is 0 Å². The number of carbonyl (C=O) groups is 5. The van der Waals surface area contributed by atoms with Gasteiger partial charge in [-0.25, -0.2) is 0 Å². The number of nitrogens with zero attached hydrogens (tertiary/aromatic N) is 2. The van der Waals surface area contributed by atoms with E-state index >= 15 is 0 Å². The number of amidine groups is 1. The normalized spacial score (nSPS) is 18.7. The Hall–Kier alpha value is -3.82. The van der Waals surface area contributed by atoms with E-state index in [0.717, 1.165) is 11.1 Å². The van der Waals surface area contributed by atoms with Gasteiger partial charge < -0.3 is 20.8 Å². The molecule has 2 heterocycles. The number of ketones is 1. The van der Waals surface area contributed by atoms with E-state index in [2.05, 4.69) is 4.99 Å². The predicted octanol–water partition coefficient (Wildman–Crippen LogP) is 1.92. The highest BCUT2D eigenvalue weighted by molar-refractivity contribution is 6.07. The van der Waals surface area contributed by atoms with Crippen molar-refractivity contribution in [2.75, 3.05) is 0 Å². The lowest BCUT2D eigenvalue weighted by Crippen LogP contribution is -2.42. The largest absolute Gasteiger partial charge is 0.481 e. The lowest BCUT2D eigenvalue weighted by Gasteiger charge is -2.36. The molecular formula is C24H27N3O7. The van der Waals surface area contributed by atoms with Crippen molar-refractivity contribution in [3.8, 4) is 0 Å². The van der Waals surface area contributed by atoms with E-state index in [-0.39, 0.29) is 36.9 Å². The molecule has 34 heavy (non-hydrogen) atoms. The first-order chi connectivity index (χ1) is 16.2. The smallest absolute Gasteiger partial charge is 0.306 e. The van der Waals surface area contributed by atoms with Crippen LogP contribution in [0.2, 0.25) is 0 Å². The van der Waals surface area contributed by atoms with Crippen LogP contribution in [0.25, 0.3) is 0 Å². The Kier molecular flexibility index (Phi) is 7.93. The minimum Gasteiger partial charge on any atom is -0.481 e. The topological polar surface area (TPSA) is 167 Å². The first-order valence-electron chi connectivity index (χ1n) is 11.1. The molecule has 1 aromatic rings. The number of aliphatic carboxylic acids is 2. The molecule has 2 atom stereocenters. The number of hydrogen-bond donors (Lipinski definition) is 3. The summed E-state index contributed by atoms with van der Waals surface area (Å²) in [6, 6.07) is 6.64. The number of hydrogen-bond acceptors (Lipinski definition) is 6. The van der Waals surface area contributed by atoms with Crippen molar-refractivity contribution in [1.82, 2.24) is 4.90 Å². The molecule has 4 N–H and O–H groups in total. The number of carbonyl (C=O) groups excluding carboxylic acids is 3. The Morgan fingerprint density at radius 1 is 1.21 bits per heavy atom. The zero-order valence-corrected chi connectivity index (χ0v) is 18.6. The molecule has 0 saturated carbocycles. The van der Waals surface area contributed by atoms with Crippen molar-refractivity contribution in [3.05, 3.63) is 46.7 Å². The van der Waals surface area contributed by atoms with Crippen LogP contribution in [0.5, 0.6) is 0 Å². The van der Waals surface area contributed by atoms with Gasteiger partial charge in [-0.1, -0.05) is 24.3 Å². The Balaban J connectivity index is 1.59. The minimum absolute atomic E-state index is 0.109. The third-order valence-electron chi connectivity index (χ3n) is 6.25. The van der Waals surface area contributed by atoms with Crippen LogP contribution >= 0.6 is 0 Å². The maximum absolute atomic E-state index is 12.5. The molecule has 0 bridgehead atoms. The average Bonchev–Trinajstić information content (AvgIpc) is 2.79. The fraction of sp³-hybridized carbons (Fsp3) is 0.417. The number of dihydropyridines is 1. The van der Waals surface area contributed by atoms with E-state index in [4.69, 9.17) is 10.8 Å². The zero-order chi connectivity index (χ0) is 24.8. The summed E-state index contributed by atoms with van der Waals surface area (Å²) in [5, 5.41) is 18.0. The number of Topliss-reactive ketones (excluding diaryl/α,β-unsaturated/α-hetero) is 1. The van der Waals surface area contributed by atoms with Gasteiger partial charge in [0.25, 0.3) is 5.91 Å². The van der Waals surface area contributed by atoms with Gasteiger partial charge in [0.15, 0.2) is 5.78 Å². The summed E-state index contributed by atoms with van der Waals surface area (Å²) in [5.74, 6) is -3.93. The molecule has 10 nitrogen and oxygen atoms in total. The van der Waals surface area contributed by atoms with Crippen LogP contribution < -0.4 is 5.73 Å². The fourth-order valence-electron chi connectivity index (χ4n) is 4.40. The van der Waals surface area contributed by atoms with Gasteiger partial charge >= 0.3 is 11.9 Å². The monoisotopic (exact) mass is 469 g/mol. The summed E-state index contributed by atoms with van der Waals surface area (Å²) in [6.07, 6.45) is 2.98. The molecule has 1 aromatic carbocycles. The molecule has 0 aliphatic carbocycles.